The highest BCUT2D eigenvalue weighted by atomic mass is 19.1. The highest BCUT2D eigenvalue weighted by Crippen LogP contribution is 2.22. The van der Waals surface area contributed by atoms with E-state index in [2.05, 4.69) is 10.3 Å². The number of rotatable bonds is 3. The van der Waals surface area contributed by atoms with E-state index in [9.17, 15) is 9.18 Å². The van der Waals surface area contributed by atoms with Crippen molar-refractivity contribution in [3.05, 3.63) is 77.7 Å². The lowest BCUT2D eigenvalue weighted by Gasteiger charge is -2.27. The summed E-state index contributed by atoms with van der Waals surface area (Å²) in [7, 11) is 0. The molecule has 0 aliphatic rings. The van der Waals surface area contributed by atoms with Gasteiger partial charge >= 0.3 is 0 Å². The minimum Gasteiger partial charge on any atom is -0.343 e. The second-order valence-corrected chi connectivity index (χ2v) is 5.97. The van der Waals surface area contributed by atoms with Gasteiger partial charge in [0, 0.05) is 11.6 Å². The van der Waals surface area contributed by atoms with Crippen molar-refractivity contribution in [1.82, 2.24) is 10.3 Å². The van der Waals surface area contributed by atoms with E-state index in [1.54, 1.807) is 24.4 Å². The number of amides is 1. The van der Waals surface area contributed by atoms with Gasteiger partial charge in [-0.3, -0.25) is 9.78 Å². The van der Waals surface area contributed by atoms with Gasteiger partial charge in [0.15, 0.2) is 0 Å². The third-order valence-corrected chi connectivity index (χ3v) is 3.87. The second kappa shape index (κ2) is 5.80. The fraction of sp³-hybridized carbons (Fsp3) is 0.158. The van der Waals surface area contributed by atoms with Crippen LogP contribution >= 0.6 is 0 Å². The van der Waals surface area contributed by atoms with Crippen molar-refractivity contribution in [1.29, 1.82) is 0 Å². The molecule has 0 aliphatic carbocycles. The molecular formula is C19H17FN2O. The molecule has 3 nitrogen and oxygen atoms in total. The summed E-state index contributed by atoms with van der Waals surface area (Å²) in [5.41, 5.74) is 1.41. The zero-order chi connectivity index (χ0) is 16.4. The maximum atomic E-state index is 13.1. The average molecular weight is 308 g/mol. The Labute approximate surface area is 134 Å². The SMILES string of the molecule is CC(C)(NC(=O)c1cccc2cccnc12)c1ccc(F)cc1. The summed E-state index contributed by atoms with van der Waals surface area (Å²) in [6.07, 6.45) is 1.67. The van der Waals surface area contributed by atoms with Crippen molar-refractivity contribution >= 4 is 16.8 Å². The summed E-state index contributed by atoms with van der Waals surface area (Å²) in [6, 6.07) is 15.4. The van der Waals surface area contributed by atoms with Crippen LogP contribution in [0, 0.1) is 5.82 Å². The minimum atomic E-state index is -0.623. The third kappa shape index (κ3) is 3.06. The standard InChI is InChI=1S/C19H17FN2O/c1-19(2,14-8-10-15(20)11-9-14)22-18(23)16-7-3-5-13-6-4-12-21-17(13)16/h3-12H,1-2H3,(H,22,23). The Kier molecular flexibility index (Phi) is 3.82. The number of nitrogens with one attached hydrogen (secondary N) is 1. The number of fused-ring (bicyclic) bond motifs is 1. The molecule has 1 aromatic heterocycles. The van der Waals surface area contributed by atoms with Gasteiger partial charge in [0.05, 0.1) is 16.6 Å². The molecule has 0 saturated carbocycles. The molecular weight excluding hydrogens is 291 g/mol. The Morgan fingerprint density at radius 2 is 1.74 bits per heavy atom. The first-order valence-electron chi connectivity index (χ1n) is 7.40. The summed E-state index contributed by atoms with van der Waals surface area (Å²) >= 11 is 0. The quantitative estimate of drug-likeness (QED) is 0.793. The van der Waals surface area contributed by atoms with Gasteiger partial charge in [-0.25, -0.2) is 4.39 Å². The number of benzene rings is 2. The van der Waals surface area contributed by atoms with Crippen LogP contribution in [0.25, 0.3) is 10.9 Å². The first-order chi connectivity index (χ1) is 11.0. The molecule has 0 fully saturated rings. The van der Waals surface area contributed by atoms with E-state index in [1.807, 2.05) is 38.1 Å². The number of carbonyl (C=O) groups is 1. The van der Waals surface area contributed by atoms with E-state index in [1.165, 1.54) is 12.1 Å². The maximum absolute atomic E-state index is 13.1. The largest absolute Gasteiger partial charge is 0.343 e. The summed E-state index contributed by atoms with van der Waals surface area (Å²) in [4.78, 5) is 17.0. The Morgan fingerprint density at radius 3 is 2.48 bits per heavy atom. The van der Waals surface area contributed by atoms with Crippen molar-refractivity contribution in [3.8, 4) is 0 Å². The molecule has 2 aromatic carbocycles. The number of nitrogens with zero attached hydrogens (tertiary/aromatic N) is 1. The van der Waals surface area contributed by atoms with Crippen LogP contribution in [-0.2, 0) is 5.54 Å². The molecule has 0 saturated heterocycles. The molecule has 0 aliphatic heterocycles. The lowest BCUT2D eigenvalue weighted by atomic mass is 9.93. The van der Waals surface area contributed by atoms with Crippen molar-refractivity contribution in [2.75, 3.05) is 0 Å². The fourth-order valence-electron chi connectivity index (χ4n) is 2.58. The molecule has 116 valence electrons. The normalized spacial score (nSPS) is 11.4. The second-order valence-electron chi connectivity index (χ2n) is 5.97. The zero-order valence-electron chi connectivity index (χ0n) is 13.0. The molecule has 0 spiro atoms. The monoisotopic (exact) mass is 308 g/mol. The molecule has 1 N–H and O–H groups in total. The van der Waals surface area contributed by atoms with E-state index in [-0.39, 0.29) is 11.7 Å². The average Bonchev–Trinajstić information content (AvgIpc) is 2.54. The van der Waals surface area contributed by atoms with Crippen molar-refractivity contribution < 1.29 is 9.18 Å². The van der Waals surface area contributed by atoms with Gasteiger partial charge in [0.2, 0.25) is 0 Å². The first-order valence-corrected chi connectivity index (χ1v) is 7.40. The first kappa shape index (κ1) is 15.2. The molecule has 3 rings (SSSR count). The number of pyridine rings is 1. The van der Waals surface area contributed by atoms with E-state index in [4.69, 9.17) is 0 Å². The van der Waals surface area contributed by atoms with Crippen LogP contribution in [0.15, 0.2) is 60.8 Å². The van der Waals surface area contributed by atoms with Gasteiger partial charge in [0.1, 0.15) is 5.82 Å². The zero-order valence-corrected chi connectivity index (χ0v) is 13.0. The fourth-order valence-corrected chi connectivity index (χ4v) is 2.58. The molecule has 0 radical (unpaired) electrons. The van der Waals surface area contributed by atoms with E-state index in [0.717, 1.165) is 10.9 Å². The van der Waals surface area contributed by atoms with Gasteiger partial charge in [0.25, 0.3) is 5.91 Å². The number of halogens is 1. The molecule has 0 atom stereocenters. The van der Waals surface area contributed by atoms with Crippen molar-refractivity contribution in [2.24, 2.45) is 0 Å². The molecule has 23 heavy (non-hydrogen) atoms. The van der Waals surface area contributed by atoms with E-state index in [0.29, 0.717) is 11.1 Å². The summed E-state index contributed by atoms with van der Waals surface area (Å²) in [6.45, 7) is 3.77. The van der Waals surface area contributed by atoms with Crippen LogP contribution < -0.4 is 5.32 Å². The van der Waals surface area contributed by atoms with Gasteiger partial charge < -0.3 is 5.32 Å². The molecule has 1 amide bonds. The molecule has 1 heterocycles. The van der Waals surface area contributed by atoms with Gasteiger partial charge in [-0.2, -0.15) is 0 Å². The lowest BCUT2D eigenvalue weighted by Crippen LogP contribution is -2.41. The highest BCUT2D eigenvalue weighted by Gasteiger charge is 2.24. The topological polar surface area (TPSA) is 42.0 Å². The third-order valence-electron chi connectivity index (χ3n) is 3.87. The molecule has 3 aromatic rings. The Balaban J connectivity index is 1.92. The Bertz CT molecular complexity index is 851. The van der Waals surface area contributed by atoms with Gasteiger partial charge in [-0.05, 0) is 43.7 Å². The predicted molar refractivity (Wildman–Crippen MR) is 88.6 cm³/mol. The number of hydrogen-bond acceptors (Lipinski definition) is 2. The number of para-hydroxylation sites is 1. The molecule has 4 heteroatoms. The van der Waals surface area contributed by atoms with Crippen molar-refractivity contribution in [3.63, 3.8) is 0 Å². The van der Waals surface area contributed by atoms with Crippen LogP contribution in [0.5, 0.6) is 0 Å². The number of hydrogen-bond donors (Lipinski definition) is 1. The maximum Gasteiger partial charge on any atom is 0.254 e. The highest BCUT2D eigenvalue weighted by molar-refractivity contribution is 6.05. The summed E-state index contributed by atoms with van der Waals surface area (Å²) < 4.78 is 13.1. The van der Waals surface area contributed by atoms with Crippen LogP contribution in [0.3, 0.4) is 0 Å². The predicted octanol–water partition coefficient (Wildman–Crippen LogP) is 4.04. The van der Waals surface area contributed by atoms with Gasteiger partial charge in [-0.15, -0.1) is 0 Å². The van der Waals surface area contributed by atoms with Crippen LogP contribution in [0.4, 0.5) is 4.39 Å². The Morgan fingerprint density at radius 1 is 1.04 bits per heavy atom. The lowest BCUT2D eigenvalue weighted by molar-refractivity contribution is 0.0913. The van der Waals surface area contributed by atoms with E-state index >= 15 is 0 Å². The van der Waals surface area contributed by atoms with Gasteiger partial charge in [-0.1, -0.05) is 30.3 Å². The Hall–Kier alpha value is -2.75. The van der Waals surface area contributed by atoms with Crippen LogP contribution in [0.1, 0.15) is 29.8 Å². The van der Waals surface area contributed by atoms with Crippen molar-refractivity contribution in [2.45, 2.75) is 19.4 Å². The van der Waals surface area contributed by atoms with Crippen LogP contribution in [-0.4, -0.2) is 10.9 Å². The van der Waals surface area contributed by atoms with Crippen LogP contribution in [0.2, 0.25) is 0 Å². The minimum absolute atomic E-state index is 0.205. The summed E-state index contributed by atoms with van der Waals surface area (Å²) in [5, 5.41) is 3.92. The number of aromatic nitrogens is 1. The molecule has 0 bridgehead atoms. The van der Waals surface area contributed by atoms with E-state index < -0.39 is 5.54 Å². The molecule has 0 unspecified atom stereocenters. The summed E-state index contributed by atoms with van der Waals surface area (Å²) in [5.74, 6) is -0.502. The smallest absolute Gasteiger partial charge is 0.254 e. The number of carbonyl (C=O) groups excluding carboxylic acids is 1.